The molecule has 3 heterocycles. The maximum atomic E-state index is 16.0. The molecule has 1 unspecified atom stereocenters. The highest BCUT2D eigenvalue weighted by Gasteiger charge is 2.44. The van der Waals surface area contributed by atoms with E-state index in [2.05, 4.69) is 4.99 Å². The molecule has 1 saturated heterocycles. The van der Waals surface area contributed by atoms with Crippen molar-refractivity contribution in [2.24, 2.45) is 4.99 Å². The Morgan fingerprint density at radius 2 is 1.94 bits per heavy atom. The first-order chi connectivity index (χ1) is 15.3. The number of carbonyl (C=O) groups is 1. The van der Waals surface area contributed by atoms with E-state index < -0.39 is 11.2 Å². The number of carbonyl (C=O) groups excluding carboxylic acids is 1. The zero-order valence-electron chi connectivity index (χ0n) is 18.5. The van der Waals surface area contributed by atoms with Gasteiger partial charge in [0, 0.05) is 62.5 Å². The summed E-state index contributed by atoms with van der Waals surface area (Å²) in [7, 11) is 3.90. The normalized spacial score (nSPS) is 21.7. The summed E-state index contributed by atoms with van der Waals surface area (Å²) in [6.45, 7) is 0.749. The van der Waals surface area contributed by atoms with Crippen molar-refractivity contribution in [1.29, 1.82) is 0 Å². The van der Waals surface area contributed by atoms with Crippen LogP contribution < -0.4 is 4.90 Å². The van der Waals surface area contributed by atoms with E-state index in [1.807, 2.05) is 49.3 Å². The van der Waals surface area contributed by atoms with Crippen LogP contribution in [0.25, 0.3) is 0 Å². The van der Waals surface area contributed by atoms with E-state index in [-0.39, 0.29) is 25.2 Å². The van der Waals surface area contributed by atoms with Crippen molar-refractivity contribution >= 4 is 29.5 Å². The van der Waals surface area contributed by atoms with Crippen molar-refractivity contribution in [2.75, 3.05) is 32.1 Å². The molecule has 5 nitrogen and oxygen atoms in total. The van der Waals surface area contributed by atoms with E-state index in [9.17, 15) is 4.79 Å². The van der Waals surface area contributed by atoms with Crippen molar-refractivity contribution in [3.63, 3.8) is 0 Å². The third-order valence-corrected chi connectivity index (χ3v) is 6.44. The van der Waals surface area contributed by atoms with Gasteiger partial charge in [-0.15, -0.1) is 0 Å². The summed E-state index contributed by atoms with van der Waals surface area (Å²) >= 11 is 6.02. The lowest BCUT2D eigenvalue weighted by molar-refractivity contribution is 0.0322. The summed E-state index contributed by atoms with van der Waals surface area (Å²) in [6, 6.07) is 12.8. The number of alkyl halides is 1. The number of amides is 1. The number of aromatic nitrogens is 1. The van der Waals surface area contributed by atoms with Gasteiger partial charge in [0.25, 0.3) is 5.91 Å². The van der Waals surface area contributed by atoms with Gasteiger partial charge in [0.15, 0.2) is 0 Å². The molecule has 2 aromatic rings. The second kappa shape index (κ2) is 9.02. The summed E-state index contributed by atoms with van der Waals surface area (Å²) in [6.07, 6.45) is 7.01. The number of allylic oxidation sites excluding steroid dienone is 1. The summed E-state index contributed by atoms with van der Waals surface area (Å²) < 4.78 is 16.0. The van der Waals surface area contributed by atoms with Gasteiger partial charge in [-0.1, -0.05) is 29.8 Å². The summed E-state index contributed by atoms with van der Waals surface area (Å²) in [5.41, 5.74) is -0.616. The third kappa shape index (κ3) is 5.01. The van der Waals surface area contributed by atoms with Gasteiger partial charge in [-0.05, 0) is 49.2 Å². The average Bonchev–Trinajstić information content (AvgIpc) is 3.21. The van der Waals surface area contributed by atoms with Crippen LogP contribution in [0, 0.1) is 0 Å². The Morgan fingerprint density at radius 1 is 1.19 bits per heavy atom. The van der Waals surface area contributed by atoms with Crippen LogP contribution >= 0.6 is 11.6 Å². The number of rotatable bonds is 6. The summed E-state index contributed by atoms with van der Waals surface area (Å²) in [5.74, 6) is 0.763. The van der Waals surface area contributed by atoms with E-state index >= 15 is 4.39 Å². The van der Waals surface area contributed by atoms with Gasteiger partial charge in [-0.25, -0.2) is 9.37 Å². The molecule has 7 heteroatoms. The SMILES string of the molecule is CN(C)c1cccc(CC2(CC3(F)CCN(C(=O)c4cccc(Cl)c4)CC3)C=CC=N2)n1. The first kappa shape index (κ1) is 22.5. The first-order valence-electron chi connectivity index (χ1n) is 10.9. The number of halogens is 2. The smallest absolute Gasteiger partial charge is 0.253 e. The number of nitrogens with zero attached hydrogens (tertiary/aromatic N) is 4. The van der Waals surface area contributed by atoms with Gasteiger partial charge in [-0.2, -0.15) is 0 Å². The van der Waals surface area contributed by atoms with Crippen molar-refractivity contribution in [1.82, 2.24) is 9.88 Å². The fraction of sp³-hybridized carbons (Fsp3) is 0.400. The molecule has 0 radical (unpaired) electrons. The van der Waals surface area contributed by atoms with E-state index in [1.54, 1.807) is 35.4 Å². The van der Waals surface area contributed by atoms with Crippen LogP contribution in [0.1, 0.15) is 35.3 Å². The quantitative estimate of drug-likeness (QED) is 0.632. The molecule has 2 aliphatic heterocycles. The molecule has 0 aliphatic carbocycles. The highest BCUT2D eigenvalue weighted by molar-refractivity contribution is 6.30. The molecule has 1 aromatic carbocycles. The molecule has 0 N–H and O–H groups in total. The number of piperidine rings is 1. The summed E-state index contributed by atoms with van der Waals surface area (Å²) in [5, 5.41) is 0.521. The van der Waals surface area contributed by atoms with Gasteiger partial charge in [-0.3, -0.25) is 9.79 Å². The molecule has 32 heavy (non-hydrogen) atoms. The van der Waals surface area contributed by atoms with E-state index in [0.29, 0.717) is 30.1 Å². The fourth-order valence-corrected chi connectivity index (χ4v) is 4.69. The van der Waals surface area contributed by atoms with Crippen molar-refractivity contribution in [3.05, 3.63) is 70.9 Å². The van der Waals surface area contributed by atoms with Gasteiger partial charge in [0.1, 0.15) is 11.5 Å². The Morgan fingerprint density at radius 3 is 2.59 bits per heavy atom. The Hall–Kier alpha value is -2.73. The van der Waals surface area contributed by atoms with Crippen LogP contribution in [-0.4, -0.2) is 60.4 Å². The van der Waals surface area contributed by atoms with Crippen LogP contribution in [0.3, 0.4) is 0 Å². The maximum Gasteiger partial charge on any atom is 0.253 e. The van der Waals surface area contributed by atoms with Gasteiger partial charge in [0.2, 0.25) is 0 Å². The number of anilines is 1. The molecule has 1 aromatic heterocycles. The number of hydrogen-bond donors (Lipinski definition) is 0. The zero-order chi connectivity index (χ0) is 22.8. The number of benzene rings is 1. The molecule has 1 atom stereocenters. The Labute approximate surface area is 193 Å². The van der Waals surface area contributed by atoms with Crippen molar-refractivity contribution < 1.29 is 9.18 Å². The first-order valence-corrected chi connectivity index (χ1v) is 11.3. The van der Waals surface area contributed by atoms with Crippen molar-refractivity contribution in [3.8, 4) is 0 Å². The Balaban J connectivity index is 1.44. The monoisotopic (exact) mass is 454 g/mol. The maximum absolute atomic E-state index is 16.0. The van der Waals surface area contributed by atoms with Crippen LogP contribution in [0.2, 0.25) is 5.02 Å². The molecule has 1 amide bonds. The minimum Gasteiger partial charge on any atom is -0.363 e. The molecular formula is C25H28ClFN4O. The van der Waals surface area contributed by atoms with E-state index in [4.69, 9.17) is 16.6 Å². The molecular weight excluding hydrogens is 427 g/mol. The molecule has 168 valence electrons. The van der Waals surface area contributed by atoms with Crippen molar-refractivity contribution in [2.45, 2.75) is 36.9 Å². The predicted molar refractivity (Wildman–Crippen MR) is 128 cm³/mol. The molecule has 4 rings (SSSR count). The van der Waals surface area contributed by atoms with E-state index in [1.165, 1.54) is 0 Å². The lowest BCUT2D eigenvalue weighted by atomic mass is 9.78. The molecule has 0 spiro atoms. The highest BCUT2D eigenvalue weighted by atomic mass is 35.5. The van der Waals surface area contributed by atoms with Crippen LogP contribution in [-0.2, 0) is 6.42 Å². The second-order valence-corrected chi connectivity index (χ2v) is 9.37. The third-order valence-electron chi connectivity index (χ3n) is 6.20. The highest BCUT2D eigenvalue weighted by Crippen LogP contribution is 2.39. The fourth-order valence-electron chi connectivity index (χ4n) is 4.50. The molecule has 0 saturated carbocycles. The Bertz CT molecular complexity index is 1030. The molecule has 2 aliphatic rings. The molecule has 1 fully saturated rings. The number of aliphatic imine (C=N–C) groups is 1. The Kier molecular flexibility index (Phi) is 6.33. The standard InChI is InChI=1S/C25H28ClFN4O/c1-30(2)22-9-4-8-21(29-22)17-25(10-5-13-28-25)18-24(27)11-14-31(15-12-24)23(32)19-6-3-7-20(26)16-19/h3-10,13,16H,11-12,14-15,17-18H2,1-2H3. The van der Waals surface area contributed by atoms with Gasteiger partial charge in [0.05, 0.1) is 5.54 Å². The minimum atomic E-state index is -1.39. The lowest BCUT2D eigenvalue weighted by Gasteiger charge is -2.40. The van der Waals surface area contributed by atoms with Crippen LogP contribution in [0.4, 0.5) is 10.2 Å². The number of hydrogen-bond acceptors (Lipinski definition) is 4. The topological polar surface area (TPSA) is 48.8 Å². The van der Waals surface area contributed by atoms with Gasteiger partial charge < -0.3 is 9.80 Å². The number of pyridine rings is 1. The predicted octanol–water partition coefficient (Wildman–Crippen LogP) is 4.76. The van der Waals surface area contributed by atoms with Gasteiger partial charge >= 0.3 is 0 Å². The minimum absolute atomic E-state index is 0.104. The van der Waals surface area contributed by atoms with Crippen LogP contribution in [0.5, 0.6) is 0 Å². The second-order valence-electron chi connectivity index (χ2n) is 8.93. The van der Waals surface area contributed by atoms with Crippen LogP contribution in [0.15, 0.2) is 59.6 Å². The number of likely N-dealkylation sites (tertiary alicyclic amines) is 1. The lowest BCUT2D eigenvalue weighted by Crippen LogP contribution is -2.48. The average molecular weight is 455 g/mol. The summed E-state index contributed by atoms with van der Waals surface area (Å²) in [4.78, 5) is 25.8. The largest absolute Gasteiger partial charge is 0.363 e. The zero-order valence-corrected chi connectivity index (χ0v) is 19.2. The van der Waals surface area contributed by atoms with E-state index in [0.717, 1.165) is 11.5 Å². The molecule has 0 bridgehead atoms.